The summed E-state index contributed by atoms with van der Waals surface area (Å²) in [6.45, 7) is 3.65. The fourth-order valence-corrected chi connectivity index (χ4v) is 4.75. The van der Waals surface area contributed by atoms with Crippen LogP contribution >= 0.6 is 11.3 Å². The molecule has 0 aliphatic heterocycles. The highest BCUT2D eigenvalue weighted by atomic mass is 32.1. The summed E-state index contributed by atoms with van der Waals surface area (Å²) < 4.78 is 3.21. The van der Waals surface area contributed by atoms with E-state index in [4.69, 9.17) is 4.98 Å². The maximum atomic E-state index is 13.2. The Morgan fingerprint density at radius 3 is 2.96 bits per heavy atom. The molecule has 4 rings (SSSR count). The van der Waals surface area contributed by atoms with E-state index < -0.39 is 0 Å². The molecular formula is C20H24N4OS. The molecule has 2 aromatic heterocycles. The van der Waals surface area contributed by atoms with E-state index in [-0.39, 0.29) is 11.8 Å². The summed E-state index contributed by atoms with van der Waals surface area (Å²) in [6, 6.07) is 6.28. The fraction of sp³-hybridized carbons (Fsp3) is 0.450. The lowest BCUT2D eigenvalue weighted by Gasteiger charge is -2.23. The number of carbonyl (C=O) groups excluding carboxylic acids is 1. The van der Waals surface area contributed by atoms with Crippen LogP contribution in [0.4, 0.5) is 5.13 Å². The number of thiazole rings is 1. The van der Waals surface area contributed by atoms with E-state index in [9.17, 15) is 4.79 Å². The molecule has 0 bridgehead atoms. The third kappa shape index (κ3) is 3.65. The van der Waals surface area contributed by atoms with Crippen molar-refractivity contribution in [1.82, 2.24) is 14.5 Å². The molecule has 0 atom stereocenters. The summed E-state index contributed by atoms with van der Waals surface area (Å²) >= 11 is 1.63. The summed E-state index contributed by atoms with van der Waals surface area (Å²) in [5.74, 6) is 0.418. The van der Waals surface area contributed by atoms with Gasteiger partial charge in [0.25, 0.3) is 0 Å². The molecule has 1 saturated carbocycles. The van der Waals surface area contributed by atoms with Crippen LogP contribution in [-0.2, 0) is 11.3 Å². The molecule has 1 aromatic carbocycles. The number of carbonyl (C=O) groups is 1. The number of nitrogens with zero attached hydrogens (tertiary/aromatic N) is 4. The predicted octanol–water partition coefficient (Wildman–Crippen LogP) is 4.41. The minimum absolute atomic E-state index is 0.164. The zero-order valence-corrected chi connectivity index (χ0v) is 15.9. The number of aryl methyl sites for hydroxylation is 2. The lowest BCUT2D eigenvalue weighted by atomic mass is 10.1. The Morgan fingerprint density at radius 1 is 1.35 bits per heavy atom. The zero-order chi connectivity index (χ0) is 17.9. The van der Waals surface area contributed by atoms with Crippen molar-refractivity contribution >= 4 is 32.6 Å². The van der Waals surface area contributed by atoms with E-state index in [1.807, 2.05) is 23.5 Å². The third-order valence-corrected chi connectivity index (χ3v) is 6.13. The quantitative estimate of drug-likeness (QED) is 0.647. The van der Waals surface area contributed by atoms with Gasteiger partial charge in [-0.2, -0.15) is 0 Å². The summed E-state index contributed by atoms with van der Waals surface area (Å²) in [6.07, 6.45) is 10.8. The van der Waals surface area contributed by atoms with E-state index in [0.29, 0.717) is 6.54 Å². The van der Waals surface area contributed by atoms with Gasteiger partial charge in [-0.1, -0.05) is 30.2 Å². The van der Waals surface area contributed by atoms with Crippen molar-refractivity contribution in [2.75, 3.05) is 11.4 Å². The van der Waals surface area contributed by atoms with Crippen molar-refractivity contribution in [2.45, 2.75) is 45.6 Å². The minimum atomic E-state index is 0.164. The fourth-order valence-electron chi connectivity index (χ4n) is 3.66. The van der Waals surface area contributed by atoms with Crippen LogP contribution in [0, 0.1) is 12.8 Å². The number of imidazole rings is 1. The Labute approximate surface area is 157 Å². The number of aromatic nitrogens is 3. The largest absolute Gasteiger partial charge is 0.337 e. The Hall–Kier alpha value is -2.21. The summed E-state index contributed by atoms with van der Waals surface area (Å²) in [7, 11) is 0. The van der Waals surface area contributed by atoms with Gasteiger partial charge in [0.2, 0.25) is 5.91 Å². The van der Waals surface area contributed by atoms with Crippen LogP contribution in [0.15, 0.2) is 36.9 Å². The van der Waals surface area contributed by atoms with Crippen LogP contribution in [0.5, 0.6) is 0 Å². The smallest absolute Gasteiger partial charge is 0.231 e. The molecule has 26 heavy (non-hydrogen) atoms. The van der Waals surface area contributed by atoms with E-state index in [2.05, 4.69) is 28.6 Å². The van der Waals surface area contributed by atoms with Gasteiger partial charge in [0.05, 0.1) is 16.5 Å². The molecule has 136 valence electrons. The molecule has 5 nitrogen and oxygen atoms in total. The second kappa shape index (κ2) is 7.58. The molecule has 1 aliphatic carbocycles. The first kappa shape index (κ1) is 17.2. The molecule has 0 unspecified atom stereocenters. The van der Waals surface area contributed by atoms with E-state index in [1.54, 1.807) is 17.5 Å². The first-order chi connectivity index (χ1) is 12.7. The molecule has 1 aliphatic rings. The van der Waals surface area contributed by atoms with Gasteiger partial charge in [0.1, 0.15) is 0 Å². The van der Waals surface area contributed by atoms with Gasteiger partial charge >= 0.3 is 0 Å². The normalized spacial score (nSPS) is 15.0. The molecule has 2 heterocycles. The van der Waals surface area contributed by atoms with Gasteiger partial charge < -0.3 is 4.57 Å². The number of anilines is 1. The SMILES string of the molecule is Cc1ccc2nc(N(CCCn3ccnc3)C(=O)C3CCCC3)sc2c1. The highest BCUT2D eigenvalue weighted by molar-refractivity contribution is 7.22. The predicted molar refractivity (Wildman–Crippen MR) is 106 cm³/mol. The van der Waals surface area contributed by atoms with Crippen LogP contribution in [0.1, 0.15) is 37.7 Å². The van der Waals surface area contributed by atoms with Crippen molar-refractivity contribution in [3.63, 3.8) is 0 Å². The van der Waals surface area contributed by atoms with Crippen molar-refractivity contribution in [2.24, 2.45) is 5.92 Å². The first-order valence-electron chi connectivity index (χ1n) is 9.35. The molecule has 0 spiro atoms. The van der Waals surface area contributed by atoms with Crippen molar-refractivity contribution in [3.05, 3.63) is 42.5 Å². The molecule has 6 heteroatoms. The molecular weight excluding hydrogens is 344 g/mol. The van der Waals surface area contributed by atoms with Gasteiger partial charge in [0, 0.05) is 31.4 Å². The standard InChI is InChI=1S/C20H24N4OS/c1-15-7-8-17-18(13-15)26-20(22-17)24(19(25)16-5-2-3-6-16)11-4-10-23-12-9-21-14-23/h7-9,12-14,16H,2-6,10-11H2,1H3. The van der Waals surface area contributed by atoms with Crippen LogP contribution in [0.2, 0.25) is 0 Å². The maximum Gasteiger partial charge on any atom is 0.231 e. The van der Waals surface area contributed by atoms with Gasteiger partial charge in [-0.3, -0.25) is 9.69 Å². The molecule has 1 amide bonds. The number of fused-ring (bicyclic) bond motifs is 1. The Morgan fingerprint density at radius 2 is 2.19 bits per heavy atom. The topological polar surface area (TPSA) is 51.0 Å². The van der Waals surface area contributed by atoms with Crippen LogP contribution in [-0.4, -0.2) is 27.0 Å². The van der Waals surface area contributed by atoms with Crippen molar-refractivity contribution in [1.29, 1.82) is 0 Å². The lowest BCUT2D eigenvalue weighted by Crippen LogP contribution is -2.36. The van der Waals surface area contributed by atoms with E-state index in [0.717, 1.165) is 41.2 Å². The number of rotatable bonds is 6. The number of hydrogen-bond donors (Lipinski definition) is 0. The van der Waals surface area contributed by atoms with Gasteiger partial charge in [-0.15, -0.1) is 0 Å². The summed E-state index contributed by atoms with van der Waals surface area (Å²) in [5.41, 5.74) is 2.20. The van der Waals surface area contributed by atoms with Crippen LogP contribution < -0.4 is 4.90 Å². The van der Waals surface area contributed by atoms with Crippen molar-refractivity contribution in [3.8, 4) is 0 Å². The van der Waals surface area contributed by atoms with Gasteiger partial charge in [-0.25, -0.2) is 9.97 Å². The molecule has 0 radical (unpaired) electrons. The second-order valence-electron chi connectivity index (χ2n) is 7.09. The van der Waals surface area contributed by atoms with Gasteiger partial charge in [0.15, 0.2) is 5.13 Å². The number of amides is 1. The Kier molecular flexibility index (Phi) is 5.02. The Balaban J connectivity index is 1.56. The molecule has 1 fully saturated rings. The zero-order valence-electron chi connectivity index (χ0n) is 15.1. The maximum absolute atomic E-state index is 13.2. The van der Waals surface area contributed by atoms with Gasteiger partial charge in [-0.05, 0) is 43.9 Å². The summed E-state index contributed by atoms with van der Waals surface area (Å²) in [4.78, 5) is 23.9. The highest BCUT2D eigenvalue weighted by Crippen LogP contribution is 2.33. The van der Waals surface area contributed by atoms with E-state index in [1.165, 1.54) is 18.4 Å². The third-order valence-electron chi connectivity index (χ3n) is 5.09. The molecule has 0 N–H and O–H groups in total. The summed E-state index contributed by atoms with van der Waals surface area (Å²) in [5, 5.41) is 0.841. The molecule has 0 saturated heterocycles. The average Bonchev–Trinajstić information content (AvgIpc) is 3.38. The molecule has 3 aromatic rings. The van der Waals surface area contributed by atoms with E-state index >= 15 is 0 Å². The second-order valence-corrected chi connectivity index (χ2v) is 8.10. The van der Waals surface area contributed by atoms with Crippen molar-refractivity contribution < 1.29 is 4.79 Å². The first-order valence-corrected chi connectivity index (χ1v) is 10.2. The average molecular weight is 369 g/mol. The number of benzene rings is 1. The highest BCUT2D eigenvalue weighted by Gasteiger charge is 2.29. The monoisotopic (exact) mass is 368 g/mol. The minimum Gasteiger partial charge on any atom is -0.337 e. The van der Waals surface area contributed by atoms with Crippen LogP contribution in [0.25, 0.3) is 10.2 Å². The Bertz CT molecular complexity index is 880. The lowest BCUT2D eigenvalue weighted by molar-refractivity contribution is -0.122. The number of hydrogen-bond acceptors (Lipinski definition) is 4. The van der Waals surface area contributed by atoms with Crippen LogP contribution in [0.3, 0.4) is 0 Å².